The molecule has 0 radical (unpaired) electrons. The van der Waals surface area contributed by atoms with Crippen molar-refractivity contribution in [3.8, 4) is 0 Å². The van der Waals surface area contributed by atoms with E-state index in [-0.39, 0.29) is 0 Å². The Morgan fingerprint density at radius 1 is 1.18 bits per heavy atom. The molecule has 28 heavy (non-hydrogen) atoms. The summed E-state index contributed by atoms with van der Waals surface area (Å²) in [5.74, 6) is 0.734. The van der Waals surface area contributed by atoms with E-state index in [2.05, 4.69) is 10.7 Å². The predicted octanol–water partition coefficient (Wildman–Crippen LogP) is 4.24. The summed E-state index contributed by atoms with van der Waals surface area (Å²) in [6, 6.07) is 15.7. The highest BCUT2D eigenvalue weighted by Crippen LogP contribution is 2.23. The van der Waals surface area contributed by atoms with Crippen LogP contribution in [0.5, 0.6) is 0 Å². The van der Waals surface area contributed by atoms with E-state index in [9.17, 15) is 4.79 Å². The number of carbonyl (C=O) groups excluding carboxylic acids is 1. The van der Waals surface area contributed by atoms with Crippen molar-refractivity contribution in [2.24, 2.45) is 4.99 Å². The number of anilines is 2. The molecule has 2 aromatic carbocycles. The molecule has 148 valence electrons. The normalized spacial score (nSPS) is 15.5. The number of amides is 1. The van der Waals surface area contributed by atoms with Crippen LogP contribution in [-0.4, -0.2) is 36.3 Å². The first-order valence-corrected chi connectivity index (χ1v) is 9.20. The van der Waals surface area contributed by atoms with Gasteiger partial charge in [0.1, 0.15) is 12.3 Å². The molecule has 1 aliphatic heterocycles. The Morgan fingerprint density at radius 2 is 1.89 bits per heavy atom. The zero-order valence-electron chi connectivity index (χ0n) is 17.0. The van der Waals surface area contributed by atoms with Crippen LogP contribution in [-0.2, 0) is 4.74 Å². The fourth-order valence-electron chi connectivity index (χ4n) is 2.83. The van der Waals surface area contributed by atoms with Crippen LogP contribution < -0.4 is 15.8 Å². The molecular weight excluding hydrogens is 354 g/mol. The first-order chi connectivity index (χ1) is 13.2. The van der Waals surface area contributed by atoms with Crippen molar-refractivity contribution in [2.45, 2.75) is 33.3 Å². The third-order valence-electron chi connectivity index (χ3n) is 3.96. The second kappa shape index (κ2) is 7.80. The lowest BCUT2D eigenvalue weighted by molar-refractivity contribution is 0.0636. The molecule has 0 atom stereocenters. The van der Waals surface area contributed by atoms with E-state index in [4.69, 9.17) is 9.73 Å². The number of ether oxygens (including phenoxy) is 1. The summed E-state index contributed by atoms with van der Waals surface area (Å²) in [5, 5.41) is 4.80. The molecule has 1 heterocycles. The van der Waals surface area contributed by atoms with E-state index in [1.165, 1.54) is 0 Å². The van der Waals surface area contributed by atoms with E-state index >= 15 is 0 Å². The number of aliphatic imine (C=N–C) groups is 1. The minimum absolute atomic E-state index is 0.483. The Balaban J connectivity index is 1.76. The van der Waals surface area contributed by atoms with Gasteiger partial charge < -0.3 is 9.64 Å². The lowest BCUT2D eigenvalue weighted by Crippen LogP contribution is -2.33. The number of hydrazine groups is 1. The lowest BCUT2D eigenvalue weighted by atomic mass is 10.2. The first kappa shape index (κ1) is 19.5. The Kier molecular flexibility index (Phi) is 5.44. The molecule has 0 unspecified atom stereocenters. The number of benzene rings is 2. The molecule has 1 fully saturated rings. The average molecular weight is 381 g/mol. The molecule has 0 saturated carbocycles. The van der Waals surface area contributed by atoms with Gasteiger partial charge in [0.2, 0.25) is 5.96 Å². The van der Waals surface area contributed by atoms with Crippen molar-refractivity contribution in [3.05, 3.63) is 54.1 Å². The summed E-state index contributed by atoms with van der Waals surface area (Å²) in [5.41, 5.74) is 6.22. The van der Waals surface area contributed by atoms with Gasteiger partial charge in [0.05, 0.1) is 11.4 Å². The van der Waals surface area contributed by atoms with Gasteiger partial charge in [0.25, 0.3) is 0 Å². The Hall–Kier alpha value is -3.22. The van der Waals surface area contributed by atoms with Crippen molar-refractivity contribution in [2.75, 3.05) is 24.0 Å². The van der Waals surface area contributed by atoms with Crippen LogP contribution in [0.2, 0.25) is 0 Å². The summed E-state index contributed by atoms with van der Waals surface area (Å²) in [4.78, 5) is 18.8. The van der Waals surface area contributed by atoms with Gasteiger partial charge in [-0.25, -0.2) is 9.79 Å². The molecule has 1 aliphatic rings. The van der Waals surface area contributed by atoms with E-state index in [0.29, 0.717) is 12.4 Å². The van der Waals surface area contributed by atoms with Crippen LogP contribution in [0, 0.1) is 6.92 Å². The summed E-state index contributed by atoms with van der Waals surface area (Å²) in [6.45, 7) is 8.14. The number of carbonyl (C=O) groups is 1. The molecule has 7 heteroatoms. The minimum Gasteiger partial charge on any atom is -0.444 e. The number of hydrogen-bond donors (Lipinski definition) is 2. The molecule has 7 nitrogen and oxygen atoms in total. The molecule has 2 N–H and O–H groups in total. The molecular formula is C21H27N5O2. The zero-order chi connectivity index (χ0) is 20.3. The molecule has 3 rings (SSSR count). The van der Waals surface area contributed by atoms with E-state index in [1.54, 1.807) is 0 Å². The number of rotatable bonds is 3. The Labute approximate surface area is 166 Å². The van der Waals surface area contributed by atoms with Crippen LogP contribution in [0.25, 0.3) is 0 Å². The molecule has 1 amide bonds. The van der Waals surface area contributed by atoms with Crippen molar-refractivity contribution in [1.82, 2.24) is 10.3 Å². The van der Waals surface area contributed by atoms with Gasteiger partial charge in [-0.1, -0.05) is 18.2 Å². The van der Waals surface area contributed by atoms with E-state index in [0.717, 1.165) is 22.9 Å². The van der Waals surface area contributed by atoms with Gasteiger partial charge in [-0.15, -0.1) is 0 Å². The third kappa shape index (κ3) is 5.16. The number of para-hydroxylation sites is 1. The topological polar surface area (TPSA) is 69.2 Å². The fraction of sp³-hybridized carbons (Fsp3) is 0.333. The van der Waals surface area contributed by atoms with Crippen LogP contribution in [0.1, 0.15) is 26.3 Å². The maximum absolute atomic E-state index is 12.1. The van der Waals surface area contributed by atoms with Crippen LogP contribution in [0.4, 0.5) is 21.9 Å². The summed E-state index contributed by atoms with van der Waals surface area (Å²) >= 11 is 0. The largest absolute Gasteiger partial charge is 0.444 e. The van der Waals surface area contributed by atoms with Gasteiger partial charge in [-0.2, -0.15) is 0 Å². The number of hydrogen-bond acceptors (Lipinski definition) is 4. The van der Waals surface area contributed by atoms with E-state index < -0.39 is 11.7 Å². The molecule has 0 aliphatic carbocycles. The summed E-state index contributed by atoms with van der Waals surface area (Å²) in [6.07, 6.45) is -0.483. The standard InChI is InChI=1S/C21H27N5O2/c1-15-11-16(13-17(12-15)23-20(27)28-21(2,3)4)22-19-24-26(14-25(19)5)18-9-7-6-8-10-18/h6-13H,14H2,1-5H3,(H,22,24)(H,23,27). The van der Waals surface area contributed by atoms with Crippen LogP contribution in [0.3, 0.4) is 0 Å². The third-order valence-corrected chi connectivity index (χ3v) is 3.96. The van der Waals surface area contributed by atoms with Gasteiger partial charge in [0, 0.05) is 12.7 Å². The number of guanidine groups is 1. The first-order valence-electron chi connectivity index (χ1n) is 9.20. The quantitative estimate of drug-likeness (QED) is 0.832. The van der Waals surface area contributed by atoms with Crippen molar-refractivity contribution >= 4 is 29.1 Å². The van der Waals surface area contributed by atoms with Gasteiger partial charge >= 0.3 is 6.09 Å². The van der Waals surface area contributed by atoms with Crippen LogP contribution >= 0.6 is 0 Å². The maximum atomic E-state index is 12.1. The Bertz CT molecular complexity index is 874. The average Bonchev–Trinajstić information content (AvgIpc) is 2.94. The molecule has 0 spiro atoms. The molecule has 1 saturated heterocycles. The predicted molar refractivity (Wildman–Crippen MR) is 113 cm³/mol. The van der Waals surface area contributed by atoms with E-state index in [1.807, 2.05) is 93.2 Å². The fourth-order valence-corrected chi connectivity index (χ4v) is 2.83. The molecule has 2 aromatic rings. The number of nitrogens with zero attached hydrogens (tertiary/aromatic N) is 3. The summed E-state index contributed by atoms with van der Waals surface area (Å²) in [7, 11) is 1.98. The highest BCUT2D eigenvalue weighted by Gasteiger charge is 2.22. The Morgan fingerprint density at radius 3 is 2.57 bits per heavy atom. The van der Waals surface area contributed by atoms with Gasteiger partial charge in [0.15, 0.2) is 0 Å². The highest BCUT2D eigenvalue weighted by molar-refractivity contribution is 5.88. The lowest BCUT2D eigenvalue weighted by Gasteiger charge is -2.19. The zero-order valence-corrected chi connectivity index (χ0v) is 17.0. The number of aryl methyl sites for hydroxylation is 1. The molecule has 0 aromatic heterocycles. The van der Waals surface area contributed by atoms with Crippen molar-refractivity contribution in [3.63, 3.8) is 0 Å². The van der Waals surface area contributed by atoms with Crippen LogP contribution in [0.15, 0.2) is 53.5 Å². The second-order valence-electron chi connectivity index (χ2n) is 7.83. The highest BCUT2D eigenvalue weighted by atomic mass is 16.6. The molecule has 0 bridgehead atoms. The monoisotopic (exact) mass is 381 g/mol. The smallest absolute Gasteiger partial charge is 0.412 e. The minimum atomic E-state index is -0.547. The van der Waals surface area contributed by atoms with Gasteiger partial charge in [-0.3, -0.25) is 15.8 Å². The van der Waals surface area contributed by atoms with Crippen molar-refractivity contribution < 1.29 is 9.53 Å². The second-order valence-corrected chi connectivity index (χ2v) is 7.83. The number of nitrogens with one attached hydrogen (secondary N) is 2. The SMILES string of the molecule is Cc1cc(N=C2NN(c3ccccc3)CN2C)cc(NC(=O)OC(C)(C)C)c1. The van der Waals surface area contributed by atoms with Gasteiger partial charge in [-0.05, 0) is 63.6 Å². The maximum Gasteiger partial charge on any atom is 0.412 e. The summed E-state index contributed by atoms with van der Waals surface area (Å²) < 4.78 is 5.32. The van der Waals surface area contributed by atoms with Crippen molar-refractivity contribution in [1.29, 1.82) is 0 Å².